The molecule has 0 saturated heterocycles. The normalized spacial score (nSPS) is 13.8. The number of methoxy groups -OCH3 is 1. The average Bonchev–Trinajstić information content (AvgIpc) is 2.19. The summed E-state index contributed by atoms with van der Waals surface area (Å²) >= 11 is 3.06. The third-order valence-electron chi connectivity index (χ3n) is 1.84. The number of benzene rings is 1. The molecule has 0 amide bonds. The minimum Gasteiger partial charge on any atom is -0.359 e. The van der Waals surface area contributed by atoms with Crippen LogP contribution in [0.15, 0.2) is 28.7 Å². The molecule has 0 spiro atoms. The van der Waals surface area contributed by atoms with Crippen LogP contribution in [0.3, 0.4) is 0 Å². The summed E-state index contributed by atoms with van der Waals surface area (Å²) in [5, 5.41) is 0. The predicted molar refractivity (Wildman–Crippen MR) is 55.9 cm³/mol. The maximum Gasteiger partial charge on any atom is 0.419 e. The van der Waals surface area contributed by atoms with Gasteiger partial charge in [-0.2, -0.15) is 13.2 Å². The van der Waals surface area contributed by atoms with Gasteiger partial charge < -0.3 is 9.47 Å². The molecule has 16 heavy (non-hydrogen) atoms. The van der Waals surface area contributed by atoms with Crippen molar-refractivity contribution < 1.29 is 22.6 Å². The van der Waals surface area contributed by atoms with Crippen molar-refractivity contribution in [3.63, 3.8) is 0 Å². The molecular formula is C10H10BrF3O2. The topological polar surface area (TPSA) is 18.5 Å². The maximum absolute atomic E-state index is 12.7. The smallest absolute Gasteiger partial charge is 0.359 e. The maximum atomic E-state index is 12.7. The second-order valence-corrected chi connectivity index (χ2v) is 3.87. The van der Waals surface area contributed by atoms with Crippen LogP contribution in [0.1, 0.15) is 11.7 Å². The molecule has 0 heterocycles. The van der Waals surface area contributed by atoms with Crippen molar-refractivity contribution in [3.8, 4) is 0 Å². The molecule has 2 nitrogen and oxygen atoms in total. The van der Waals surface area contributed by atoms with E-state index in [-0.39, 0.29) is 5.56 Å². The van der Waals surface area contributed by atoms with Crippen LogP contribution in [0.25, 0.3) is 0 Å². The van der Waals surface area contributed by atoms with Gasteiger partial charge in [-0.3, -0.25) is 0 Å². The van der Waals surface area contributed by atoms with Gasteiger partial charge in [0, 0.05) is 17.1 Å². The van der Waals surface area contributed by atoms with Gasteiger partial charge in [-0.05, 0) is 6.07 Å². The molecular weight excluding hydrogens is 289 g/mol. The van der Waals surface area contributed by atoms with Crippen LogP contribution >= 0.6 is 15.9 Å². The second kappa shape index (κ2) is 5.65. The first kappa shape index (κ1) is 13.5. The van der Waals surface area contributed by atoms with Gasteiger partial charge in [0.25, 0.3) is 0 Å². The van der Waals surface area contributed by atoms with Gasteiger partial charge in [0.1, 0.15) is 6.79 Å². The lowest BCUT2D eigenvalue weighted by Crippen LogP contribution is -2.24. The number of rotatable bonds is 4. The van der Waals surface area contributed by atoms with Gasteiger partial charge in [0.2, 0.25) is 0 Å². The molecule has 1 rings (SSSR count). The van der Waals surface area contributed by atoms with Crippen molar-refractivity contribution in [2.24, 2.45) is 0 Å². The van der Waals surface area contributed by atoms with Crippen LogP contribution in [0.4, 0.5) is 13.2 Å². The zero-order valence-corrected chi connectivity index (χ0v) is 10.0. The molecule has 0 aliphatic heterocycles. The Balaban J connectivity index is 2.97. The Morgan fingerprint density at radius 3 is 2.44 bits per heavy atom. The van der Waals surface area contributed by atoms with Crippen LogP contribution in [0.5, 0.6) is 0 Å². The molecule has 0 unspecified atom stereocenters. The van der Waals surface area contributed by atoms with E-state index >= 15 is 0 Å². The first-order valence-corrected chi connectivity index (χ1v) is 5.17. The van der Waals surface area contributed by atoms with Crippen molar-refractivity contribution in [1.82, 2.24) is 0 Å². The van der Waals surface area contributed by atoms with Gasteiger partial charge in [0.15, 0.2) is 6.10 Å². The molecule has 0 aliphatic rings. The van der Waals surface area contributed by atoms with Gasteiger partial charge >= 0.3 is 6.18 Å². The van der Waals surface area contributed by atoms with E-state index in [2.05, 4.69) is 25.4 Å². The zero-order valence-electron chi connectivity index (χ0n) is 8.42. The van der Waals surface area contributed by atoms with Crippen LogP contribution < -0.4 is 0 Å². The van der Waals surface area contributed by atoms with Crippen molar-refractivity contribution >= 4 is 15.9 Å². The van der Waals surface area contributed by atoms with Crippen molar-refractivity contribution in [1.29, 1.82) is 0 Å². The van der Waals surface area contributed by atoms with E-state index in [9.17, 15) is 13.2 Å². The number of alkyl halides is 3. The summed E-state index contributed by atoms with van der Waals surface area (Å²) in [5.74, 6) is 0. The van der Waals surface area contributed by atoms with E-state index in [1.54, 1.807) is 6.07 Å². The standard InChI is InChI=1S/C10H10BrF3O2/c1-15-6-16-9(10(12,13)14)7-4-2-3-5-8(7)11/h2-5,9H,6H2,1H3/t9-/m1/s1. The van der Waals surface area contributed by atoms with Gasteiger partial charge in [-0.15, -0.1) is 0 Å². The lowest BCUT2D eigenvalue weighted by Gasteiger charge is -2.21. The van der Waals surface area contributed by atoms with Gasteiger partial charge in [0.05, 0.1) is 0 Å². The molecule has 1 aromatic rings. The first-order chi connectivity index (χ1) is 7.46. The largest absolute Gasteiger partial charge is 0.419 e. The van der Waals surface area contributed by atoms with Crippen LogP contribution in [-0.2, 0) is 9.47 Å². The van der Waals surface area contributed by atoms with Gasteiger partial charge in [-0.1, -0.05) is 34.1 Å². The summed E-state index contributed by atoms with van der Waals surface area (Å²) in [4.78, 5) is 0. The van der Waals surface area contributed by atoms with E-state index in [1.807, 2.05) is 0 Å². The number of halogens is 4. The number of ether oxygens (including phenoxy) is 2. The Bertz CT molecular complexity index is 341. The molecule has 0 saturated carbocycles. The lowest BCUT2D eigenvalue weighted by molar-refractivity contribution is -0.243. The fraction of sp³-hybridized carbons (Fsp3) is 0.400. The highest BCUT2D eigenvalue weighted by atomic mass is 79.9. The summed E-state index contributed by atoms with van der Waals surface area (Å²) in [6.07, 6.45) is -6.45. The summed E-state index contributed by atoms with van der Waals surface area (Å²) < 4.78 is 47.6. The summed E-state index contributed by atoms with van der Waals surface area (Å²) in [6, 6.07) is 6.05. The molecule has 1 atom stereocenters. The monoisotopic (exact) mass is 298 g/mol. The Kier molecular flexibility index (Phi) is 4.76. The SMILES string of the molecule is COCO[C@H](c1ccccc1Br)C(F)(F)F. The predicted octanol–water partition coefficient (Wildman–Crippen LogP) is 3.67. The minimum atomic E-state index is -4.47. The lowest BCUT2D eigenvalue weighted by atomic mass is 10.1. The molecule has 0 fully saturated rings. The summed E-state index contributed by atoms with van der Waals surface area (Å²) in [6.45, 7) is -0.411. The van der Waals surface area contributed by atoms with Crippen LogP contribution in [-0.4, -0.2) is 20.1 Å². The molecule has 0 N–H and O–H groups in total. The first-order valence-electron chi connectivity index (χ1n) is 4.38. The number of hydrogen-bond acceptors (Lipinski definition) is 2. The number of hydrogen-bond donors (Lipinski definition) is 0. The summed E-state index contributed by atoms with van der Waals surface area (Å²) in [5.41, 5.74) is 0.0343. The van der Waals surface area contributed by atoms with E-state index in [0.29, 0.717) is 4.47 Å². The fourth-order valence-electron chi connectivity index (χ4n) is 1.18. The van der Waals surface area contributed by atoms with E-state index in [4.69, 9.17) is 0 Å². The fourth-order valence-corrected chi connectivity index (χ4v) is 1.68. The van der Waals surface area contributed by atoms with Crippen LogP contribution in [0.2, 0.25) is 0 Å². The van der Waals surface area contributed by atoms with Crippen LogP contribution in [0, 0.1) is 0 Å². The van der Waals surface area contributed by atoms with E-state index in [1.165, 1.54) is 25.3 Å². The summed E-state index contributed by atoms with van der Waals surface area (Å²) in [7, 11) is 1.27. The minimum absolute atomic E-state index is 0.0343. The third kappa shape index (κ3) is 3.47. The molecule has 6 heteroatoms. The zero-order chi connectivity index (χ0) is 12.2. The molecule has 0 radical (unpaired) electrons. The second-order valence-electron chi connectivity index (χ2n) is 3.02. The average molecular weight is 299 g/mol. The molecule has 0 aromatic heterocycles. The quantitative estimate of drug-likeness (QED) is 0.790. The van der Waals surface area contributed by atoms with Crippen molar-refractivity contribution in [2.45, 2.75) is 12.3 Å². The van der Waals surface area contributed by atoms with Gasteiger partial charge in [-0.25, -0.2) is 0 Å². The Morgan fingerprint density at radius 1 is 1.31 bits per heavy atom. The highest BCUT2D eigenvalue weighted by Gasteiger charge is 2.42. The van der Waals surface area contributed by atoms with E-state index < -0.39 is 19.1 Å². The third-order valence-corrected chi connectivity index (χ3v) is 2.56. The molecule has 1 aromatic carbocycles. The molecule has 0 bridgehead atoms. The Labute approximate surface area is 99.5 Å². The molecule has 0 aliphatic carbocycles. The highest BCUT2D eigenvalue weighted by Crippen LogP contribution is 2.38. The Morgan fingerprint density at radius 2 is 1.94 bits per heavy atom. The van der Waals surface area contributed by atoms with Crippen molar-refractivity contribution in [2.75, 3.05) is 13.9 Å². The van der Waals surface area contributed by atoms with E-state index in [0.717, 1.165) is 0 Å². The highest BCUT2D eigenvalue weighted by molar-refractivity contribution is 9.10. The van der Waals surface area contributed by atoms with Crippen molar-refractivity contribution in [3.05, 3.63) is 34.3 Å². The molecule has 90 valence electrons. The Hall–Kier alpha value is -0.590.